The lowest BCUT2D eigenvalue weighted by Crippen LogP contribution is -2.59. The zero-order valence-electron chi connectivity index (χ0n) is 11.9. The van der Waals surface area contributed by atoms with Gasteiger partial charge in [-0.05, 0) is 31.7 Å². The van der Waals surface area contributed by atoms with E-state index in [0.29, 0.717) is 19.4 Å². The fourth-order valence-electron chi connectivity index (χ4n) is 1.70. The second-order valence-electron chi connectivity index (χ2n) is 5.21. The Labute approximate surface area is 121 Å². The molecule has 0 aromatic carbocycles. The van der Waals surface area contributed by atoms with Crippen LogP contribution in [0.5, 0.6) is 0 Å². The largest absolute Gasteiger partial charge is 0.344 e. The van der Waals surface area contributed by atoms with Gasteiger partial charge in [0.15, 0.2) is 0 Å². The van der Waals surface area contributed by atoms with Gasteiger partial charge in [-0.1, -0.05) is 13.8 Å². The Morgan fingerprint density at radius 3 is 2.35 bits per heavy atom. The van der Waals surface area contributed by atoms with Crippen molar-refractivity contribution in [3.63, 3.8) is 0 Å². The minimum Gasteiger partial charge on any atom is -0.344 e. The number of carbonyl (C=O) groups is 1. The van der Waals surface area contributed by atoms with Crippen LogP contribution < -0.4 is 16.8 Å². The van der Waals surface area contributed by atoms with Crippen LogP contribution in [0.4, 0.5) is 0 Å². The number of hydrogen-bond acceptors (Lipinski definition) is 6. The van der Waals surface area contributed by atoms with Crippen molar-refractivity contribution in [2.24, 2.45) is 17.4 Å². The summed E-state index contributed by atoms with van der Waals surface area (Å²) in [5, 5.41) is 2.45. The van der Waals surface area contributed by atoms with Crippen LogP contribution in [-0.2, 0) is 20.3 Å². The van der Waals surface area contributed by atoms with Crippen LogP contribution in [0, 0.1) is 5.92 Å². The Hall–Kier alpha value is -0.990. The summed E-state index contributed by atoms with van der Waals surface area (Å²) < 4.78 is 21.8. The van der Waals surface area contributed by atoms with Gasteiger partial charge in [-0.2, -0.15) is 0 Å². The predicted octanol–water partition coefficient (Wildman–Crippen LogP) is -1.33. The Balaban J connectivity index is 4.91. The number of amides is 1. The zero-order valence-corrected chi connectivity index (χ0v) is 12.8. The number of unbranched alkanes of at least 4 members (excludes halogenated alkanes) is 1. The lowest BCUT2D eigenvalue weighted by Gasteiger charge is -2.28. The summed E-state index contributed by atoms with van der Waals surface area (Å²) >= 11 is 0. The van der Waals surface area contributed by atoms with E-state index in [4.69, 9.17) is 11.5 Å². The van der Waals surface area contributed by atoms with Crippen molar-refractivity contribution >= 4 is 22.9 Å². The van der Waals surface area contributed by atoms with Gasteiger partial charge in [-0.25, -0.2) is 8.42 Å². The first-order valence-electron chi connectivity index (χ1n) is 6.56. The molecule has 0 aliphatic heterocycles. The van der Waals surface area contributed by atoms with Gasteiger partial charge in [-0.3, -0.25) is 9.59 Å². The van der Waals surface area contributed by atoms with Crippen molar-refractivity contribution in [2.75, 3.05) is 12.3 Å². The third kappa shape index (κ3) is 6.44. The summed E-state index contributed by atoms with van der Waals surface area (Å²) in [4.78, 5) is 22.9. The molecule has 1 radical (unpaired) electrons. The average Bonchev–Trinajstić information content (AvgIpc) is 2.34. The molecule has 0 aliphatic carbocycles. The van der Waals surface area contributed by atoms with Crippen molar-refractivity contribution in [1.82, 2.24) is 5.32 Å². The molecule has 0 saturated heterocycles. The first-order valence-corrected chi connectivity index (χ1v) is 7.92. The van der Waals surface area contributed by atoms with E-state index in [1.54, 1.807) is 20.1 Å². The second kappa shape index (κ2) is 9.04. The van der Waals surface area contributed by atoms with Gasteiger partial charge in [0.25, 0.3) is 0 Å². The number of hydrogen-bond donors (Lipinski definition) is 4. The minimum atomic E-state index is -2.80. The fraction of sp³-hybridized carbons (Fsp3) is 0.833. The summed E-state index contributed by atoms with van der Waals surface area (Å²) in [7, 11) is -2.80. The average molecular weight is 306 g/mol. The molecular formula is C12H24N3O4S. The smallest absolute Gasteiger partial charge is 0.241 e. The lowest BCUT2D eigenvalue weighted by atomic mass is 9.93. The van der Waals surface area contributed by atoms with E-state index in [2.05, 4.69) is 5.32 Å². The second-order valence-corrected chi connectivity index (χ2v) is 6.19. The monoisotopic (exact) mass is 306 g/mol. The van der Waals surface area contributed by atoms with E-state index >= 15 is 0 Å². The van der Waals surface area contributed by atoms with E-state index in [9.17, 15) is 18.0 Å². The molecule has 0 spiro atoms. The molecule has 0 rings (SSSR count). The van der Waals surface area contributed by atoms with Crippen LogP contribution in [0.1, 0.15) is 33.1 Å². The van der Waals surface area contributed by atoms with Crippen molar-refractivity contribution in [3.05, 3.63) is 0 Å². The standard InChI is InChI=1S/C12H24N3O4S/c1-9(2)10(7-16)15-11(17)12(14,8-20(18)19)5-3-4-6-13/h9-10,20H,3-6,8,13-14H2,1-2H3,(H,15,17)/t10-,12-/m1/s1. The van der Waals surface area contributed by atoms with Gasteiger partial charge in [0.1, 0.15) is 16.2 Å². The van der Waals surface area contributed by atoms with Gasteiger partial charge >= 0.3 is 0 Å². The highest BCUT2D eigenvalue weighted by Crippen LogP contribution is 2.13. The third-order valence-corrected chi connectivity index (χ3v) is 3.84. The quantitative estimate of drug-likeness (QED) is 0.292. The Bertz CT molecular complexity index is 390. The van der Waals surface area contributed by atoms with Crippen LogP contribution in [-0.4, -0.2) is 44.5 Å². The van der Waals surface area contributed by atoms with E-state index in [1.807, 2.05) is 0 Å². The molecule has 0 aromatic heterocycles. The normalized spacial score (nSPS) is 15.9. The van der Waals surface area contributed by atoms with Crippen molar-refractivity contribution < 1.29 is 18.0 Å². The van der Waals surface area contributed by atoms with Crippen molar-refractivity contribution in [2.45, 2.75) is 44.7 Å². The molecule has 8 heteroatoms. The van der Waals surface area contributed by atoms with E-state index in [0.717, 1.165) is 0 Å². The van der Waals surface area contributed by atoms with E-state index in [-0.39, 0.29) is 12.3 Å². The number of rotatable bonds is 10. The maximum atomic E-state index is 12.2. The number of carbonyl (C=O) groups excluding carboxylic acids is 2. The molecule has 0 heterocycles. The van der Waals surface area contributed by atoms with Gasteiger partial charge in [0.2, 0.25) is 12.2 Å². The summed E-state index contributed by atoms with van der Waals surface area (Å²) in [6.45, 7) is 3.94. The topological polar surface area (TPSA) is 132 Å². The molecule has 5 N–H and O–H groups in total. The van der Waals surface area contributed by atoms with Gasteiger partial charge in [0, 0.05) is 0 Å². The van der Waals surface area contributed by atoms with Crippen molar-refractivity contribution in [1.29, 1.82) is 0 Å². The van der Waals surface area contributed by atoms with Crippen molar-refractivity contribution in [3.8, 4) is 0 Å². The molecule has 1 amide bonds. The summed E-state index contributed by atoms with van der Waals surface area (Å²) in [6.07, 6.45) is 3.10. The van der Waals surface area contributed by atoms with Crippen LogP contribution in [0.3, 0.4) is 0 Å². The Morgan fingerprint density at radius 2 is 1.95 bits per heavy atom. The Kier molecular flexibility index (Phi) is 8.59. The molecule has 20 heavy (non-hydrogen) atoms. The molecule has 0 fully saturated rings. The summed E-state index contributed by atoms with van der Waals surface area (Å²) in [5.74, 6) is -1.25. The van der Waals surface area contributed by atoms with E-state index < -0.39 is 33.9 Å². The van der Waals surface area contributed by atoms with Gasteiger partial charge in [-0.15, -0.1) is 0 Å². The molecule has 0 unspecified atom stereocenters. The van der Waals surface area contributed by atoms with E-state index in [1.165, 1.54) is 0 Å². The molecule has 0 aromatic rings. The highest BCUT2D eigenvalue weighted by molar-refractivity contribution is 7.72. The summed E-state index contributed by atoms with van der Waals surface area (Å²) in [5.41, 5.74) is 9.75. The van der Waals surface area contributed by atoms with Gasteiger partial charge < -0.3 is 16.8 Å². The molecular weight excluding hydrogens is 282 g/mol. The zero-order chi connectivity index (χ0) is 15.8. The van der Waals surface area contributed by atoms with Crippen LogP contribution in [0.25, 0.3) is 0 Å². The first kappa shape index (κ1) is 19.0. The summed E-state index contributed by atoms with van der Waals surface area (Å²) in [6, 6.07) is -0.801. The number of nitrogens with two attached hydrogens (primary N) is 2. The Morgan fingerprint density at radius 1 is 1.35 bits per heavy atom. The third-order valence-electron chi connectivity index (χ3n) is 3.02. The molecule has 2 atom stereocenters. The van der Waals surface area contributed by atoms with Crippen LogP contribution in [0.2, 0.25) is 0 Å². The first-order chi connectivity index (χ1) is 9.26. The molecule has 0 saturated carbocycles. The van der Waals surface area contributed by atoms with Crippen LogP contribution >= 0.6 is 0 Å². The number of nitrogens with one attached hydrogen (secondary N) is 1. The van der Waals surface area contributed by atoms with Gasteiger partial charge in [0.05, 0.1) is 11.8 Å². The molecule has 7 nitrogen and oxygen atoms in total. The molecule has 0 aliphatic rings. The number of thiol groups is 1. The highest BCUT2D eigenvalue weighted by atomic mass is 32.2. The maximum absolute atomic E-state index is 12.2. The maximum Gasteiger partial charge on any atom is 0.241 e. The predicted molar refractivity (Wildman–Crippen MR) is 77.5 cm³/mol. The van der Waals surface area contributed by atoms with Crippen LogP contribution in [0.15, 0.2) is 0 Å². The lowest BCUT2D eigenvalue weighted by molar-refractivity contribution is -0.126. The highest BCUT2D eigenvalue weighted by Gasteiger charge is 2.36. The SMILES string of the molecule is CC(C)[C@@H]([C]=O)NC(=O)[C@@](N)(CCCCN)C[SH](=O)=O. The fourth-order valence-corrected chi connectivity index (χ4v) is 2.46. The molecule has 0 bridgehead atoms. The minimum absolute atomic E-state index is 0.147. The molecule has 117 valence electrons.